The van der Waals surface area contributed by atoms with Gasteiger partial charge in [-0.05, 0) is 31.6 Å². The number of rotatable bonds is 3. The van der Waals surface area contributed by atoms with Gasteiger partial charge in [-0.3, -0.25) is 4.79 Å². The largest absolute Gasteiger partial charge is 0.299 e. The van der Waals surface area contributed by atoms with Crippen LogP contribution in [0.15, 0.2) is 23.8 Å². The maximum absolute atomic E-state index is 11.2. The summed E-state index contributed by atoms with van der Waals surface area (Å²) in [5.74, 6) is 1.09. The van der Waals surface area contributed by atoms with Crippen LogP contribution in [-0.4, -0.2) is 5.78 Å². The number of hydrogen-bond acceptors (Lipinski definition) is 1. The second-order valence-electron chi connectivity index (χ2n) is 4.11. The van der Waals surface area contributed by atoms with E-state index in [1.54, 1.807) is 5.57 Å². The van der Waals surface area contributed by atoms with Crippen molar-refractivity contribution in [3.05, 3.63) is 23.8 Å². The van der Waals surface area contributed by atoms with Crippen LogP contribution < -0.4 is 0 Å². The molecule has 0 bridgehead atoms. The van der Waals surface area contributed by atoms with Crippen LogP contribution in [0.1, 0.15) is 38.5 Å². The van der Waals surface area contributed by atoms with Gasteiger partial charge in [0.15, 0.2) is 0 Å². The van der Waals surface area contributed by atoms with Crippen LogP contribution in [0, 0.1) is 5.92 Å². The topological polar surface area (TPSA) is 17.1 Å². The molecule has 0 aromatic heterocycles. The zero-order valence-corrected chi connectivity index (χ0v) is 8.01. The van der Waals surface area contributed by atoms with Crippen LogP contribution in [0.4, 0.5) is 0 Å². The molecule has 0 aromatic rings. The number of fused-ring (bicyclic) bond motifs is 1. The van der Waals surface area contributed by atoms with E-state index in [1.165, 1.54) is 18.4 Å². The summed E-state index contributed by atoms with van der Waals surface area (Å²) in [6.45, 7) is 3.73. The van der Waals surface area contributed by atoms with Gasteiger partial charge in [0.25, 0.3) is 0 Å². The van der Waals surface area contributed by atoms with E-state index >= 15 is 0 Å². The molecule has 1 heteroatoms. The van der Waals surface area contributed by atoms with E-state index in [0.29, 0.717) is 11.7 Å². The molecule has 2 aliphatic rings. The summed E-state index contributed by atoms with van der Waals surface area (Å²) < 4.78 is 0. The van der Waals surface area contributed by atoms with Crippen molar-refractivity contribution >= 4 is 5.78 Å². The van der Waals surface area contributed by atoms with Crippen molar-refractivity contribution in [3.63, 3.8) is 0 Å². The van der Waals surface area contributed by atoms with Crippen molar-refractivity contribution < 1.29 is 4.79 Å². The maximum Gasteiger partial charge on any atom is 0.137 e. The van der Waals surface area contributed by atoms with Crippen LogP contribution in [0.5, 0.6) is 0 Å². The molecule has 0 amide bonds. The molecule has 1 nitrogen and oxygen atoms in total. The molecule has 70 valence electrons. The van der Waals surface area contributed by atoms with Gasteiger partial charge < -0.3 is 0 Å². The lowest BCUT2D eigenvalue weighted by molar-refractivity contribution is -0.117. The van der Waals surface area contributed by atoms with E-state index < -0.39 is 0 Å². The van der Waals surface area contributed by atoms with Gasteiger partial charge in [0.05, 0.1) is 0 Å². The van der Waals surface area contributed by atoms with Crippen molar-refractivity contribution in [3.8, 4) is 0 Å². The summed E-state index contributed by atoms with van der Waals surface area (Å²) in [5, 5.41) is 0. The van der Waals surface area contributed by atoms with Gasteiger partial charge in [0.2, 0.25) is 0 Å². The molecule has 13 heavy (non-hydrogen) atoms. The predicted molar refractivity (Wildman–Crippen MR) is 53.4 cm³/mol. The smallest absolute Gasteiger partial charge is 0.137 e. The van der Waals surface area contributed by atoms with E-state index in [4.69, 9.17) is 0 Å². The summed E-state index contributed by atoms with van der Waals surface area (Å²) in [6, 6.07) is 0. The molecule has 0 radical (unpaired) electrons. The molecule has 2 aliphatic carbocycles. The standard InChI is InChI=1S/C12H16O/c1-2-3-4-9-5-6-10-7-11(13)8-12(9)10/h2,10H,1,3-8H2. The first kappa shape index (κ1) is 8.74. The lowest BCUT2D eigenvalue weighted by Gasteiger charge is -2.02. The van der Waals surface area contributed by atoms with Gasteiger partial charge in [-0.2, -0.15) is 0 Å². The Kier molecular flexibility index (Phi) is 2.34. The van der Waals surface area contributed by atoms with Gasteiger partial charge in [0.1, 0.15) is 5.78 Å². The summed E-state index contributed by atoms with van der Waals surface area (Å²) >= 11 is 0. The van der Waals surface area contributed by atoms with Crippen LogP contribution in [-0.2, 0) is 4.79 Å². The first-order valence-electron chi connectivity index (χ1n) is 5.14. The Morgan fingerprint density at radius 1 is 1.54 bits per heavy atom. The molecule has 0 spiro atoms. The Morgan fingerprint density at radius 3 is 3.15 bits per heavy atom. The Labute approximate surface area is 79.5 Å². The Hall–Kier alpha value is -0.850. The Bertz CT molecular complexity index is 273. The quantitative estimate of drug-likeness (QED) is 0.604. The number of carbonyl (C=O) groups excluding carboxylic acids is 1. The van der Waals surface area contributed by atoms with Gasteiger partial charge in [0, 0.05) is 12.8 Å². The molecule has 1 fully saturated rings. The first-order valence-corrected chi connectivity index (χ1v) is 5.14. The first-order chi connectivity index (χ1) is 6.31. The number of carbonyl (C=O) groups is 1. The predicted octanol–water partition coefficient (Wildman–Crippen LogP) is 3.02. The average Bonchev–Trinajstić information content (AvgIpc) is 2.61. The highest BCUT2D eigenvalue weighted by Crippen LogP contribution is 2.43. The molecule has 1 unspecified atom stereocenters. The lowest BCUT2D eigenvalue weighted by atomic mass is 10.0. The number of allylic oxidation sites excluding steroid dienone is 3. The molecular weight excluding hydrogens is 160 g/mol. The van der Waals surface area contributed by atoms with E-state index in [9.17, 15) is 4.79 Å². The maximum atomic E-state index is 11.2. The van der Waals surface area contributed by atoms with Gasteiger partial charge in [-0.15, -0.1) is 6.58 Å². The SMILES string of the molecule is C=CCCC1=C2CC(=O)CC2CC1. The van der Waals surface area contributed by atoms with Gasteiger partial charge >= 0.3 is 0 Å². The van der Waals surface area contributed by atoms with E-state index in [0.717, 1.165) is 25.7 Å². The molecule has 0 aromatic carbocycles. The summed E-state index contributed by atoms with van der Waals surface area (Å²) in [7, 11) is 0. The molecule has 1 saturated carbocycles. The number of Topliss-reactive ketones (excluding diaryl/α,β-unsaturated/α-hetero) is 1. The van der Waals surface area contributed by atoms with E-state index in [1.807, 2.05) is 6.08 Å². The highest BCUT2D eigenvalue weighted by molar-refractivity contribution is 5.85. The average molecular weight is 176 g/mol. The molecular formula is C12H16O. The third kappa shape index (κ3) is 1.60. The normalized spacial score (nSPS) is 26.8. The summed E-state index contributed by atoms with van der Waals surface area (Å²) in [5.41, 5.74) is 3.06. The minimum Gasteiger partial charge on any atom is -0.299 e. The number of ketones is 1. The molecule has 0 N–H and O–H groups in total. The third-order valence-corrected chi connectivity index (χ3v) is 3.25. The van der Waals surface area contributed by atoms with Gasteiger partial charge in [-0.1, -0.05) is 17.2 Å². The van der Waals surface area contributed by atoms with Crippen molar-refractivity contribution in [1.29, 1.82) is 0 Å². The van der Waals surface area contributed by atoms with Crippen LogP contribution in [0.3, 0.4) is 0 Å². The van der Waals surface area contributed by atoms with Crippen LogP contribution in [0.2, 0.25) is 0 Å². The fourth-order valence-electron chi connectivity index (χ4n) is 2.59. The minimum absolute atomic E-state index is 0.454. The highest BCUT2D eigenvalue weighted by Gasteiger charge is 2.33. The van der Waals surface area contributed by atoms with Crippen molar-refractivity contribution in [2.45, 2.75) is 38.5 Å². The fraction of sp³-hybridized carbons (Fsp3) is 0.583. The molecule has 0 saturated heterocycles. The second kappa shape index (κ2) is 3.49. The molecule has 1 atom stereocenters. The third-order valence-electron chi connectivity index (χ3n) is 3.25. The Morgan fingerprint density at radius 2 is 2.38 bits per heavy atom. The fourth-order valence-corrected chi connectivity index (χ4v) is 2.59. The van der Waals surface area contributed by atoms with Crippen LogP contribution >= 0.6 is 0 Å². The van der Waals surface area contributed by atoms with E-state index in [2.05, 4.69) is 6.58 Å². The minimum atomic E-state index is 0.454. The van der Waals surface area contributed by atoms with E-state index in [-0.39, 0.29) is 0 Å². The zero-order valence-electron chi connectivity index (χ0n) is 8.01. The molecule has 2 rings (SSSR count). The van der Waals surface area contributed by atoms with Crippen molar-refractivity contribution in [1.82, 2.24) is 0 Å². The van der Waals surface area contributed by atoms with Gasteiger partial charge in [-0.25, -0.2) is 0 Å². The zero-order chi connectivity index (χ0) is 9.26. The van der Waals surface area contributed by atoms with Crippen molar-refractivity contribution in [2.24, 2.45) is 5.92 Å². The van der Waals surface area contributed by atoms with Crippen LogP contribution in [0.25, 0.3) is 0 Å². The Balaban J connectivity index is 2.09. The lowest BCUT2D eigenvalue weighted by Crippen LogP contribution is -1.91. The number of hydrogen-bond donors (Lipinski definition) is 0. The monoisotopic (exact) mass is 176 g/mol. The summed E-state index contributed by atoms with van der Waals surface area (Å²) in [6.07, 6.45) is 8.23. The molecule has 0 heterocycles. The summed E-state index contributed by atoms with van der Waals surface area (Å²) in [4.78, 5) is 11.2. The van der Waals surface area contributed by atoms with Crippen molar-refractivity contribution in [2.75, 3.05) is 0 Å². The molecule has 0 aliphatic heterocycles. The second-order valence-corrected chi connectivity index (χ2v) is 4.11. The highest BCUT2D eigenvalue weighted by atomic mass is 16.1.